The Kier molecular flexibility index (Phi) is 2.01. The molecule has 88 valence electrons. The van der Waals surface area contributed by atoms with Crippen molar-refractivity contribution in [1.29, 1.82) is 0 Å². The smallest absolute Gasteiger partial charge is 0.231 e. The zero-order chi connectivity index (χ0) is 12.0. The molecular weight excluding hydrogens is 218 g/mol. The average molecular weight is 231 g/mol. The molecule has 3 rings (SSSR count). The van der Waals surface area contributed by atoms with E-state index >= 15 is 0 Å². The van der Waals surface area contributed by atoms with Crippen molar-refractivity contribution in [2.45, 2.75) is 6.92 Å². The lowest BCUT2D eigenvalue weighted by molar-refractivity contribution is 0.173. The number of aryl methyl sites for hydroxylation is 1. The standard InChI is InChI=1S/C12H13N3O2/c1-7-8(9-5-14-15(2)12(9)13)3-4-10-11(7)17-6-16-10/h3-5H,6,13H2,1-2H3. The number of benzene rings is 1. The fourth-order valence-corrected chi connectivity index (χ4v) is 2.06. The molecule has 17 heavy (non-hydrogen) atoms. The minimum absolute atomic E-state index is 0.280. The Bertz CT molecular complexity index is 590. The van der Waals surface area contributed by atoms with Crippen molar-refractivity contribution in [3.8, 4) is 22.6 Å². The molecule has 0 unspecified atom stereocenters. The highest BCUT2D eigenvalue weighted by molar-refractivity contribution is 5.79. The molecule has 0 saturated heterocycles. The van der Waals surface area contributed by atoms with Crippen LogP contribution in [0.25, 0.3) is 11.1 Å². The molecule has 0 aliphatic carbocycles. The fraction of sp³-hybridized carbons (Fsp3) is 0.250. The van der Waals surface area contributed by atoms with E-state index in [2.05, 4.69) is 5.10 Å². The zero-order valence-corrected chi connectivity index (χ0v) is 9.73. The van der Waals surface area contributed by atoms with Gasteiger partial charge in [0.25, 0.3) is 0 Å². The molecule has 1 aliphatic heterocycles. The van der Waals surface area contributed by atoms with Crippen LogP contribution in [0, 0.1) is 6.92 Å². The third-order valence-electron chi connectivity index (χ3n) is 3.06. The first-order chi connectivity index (χ1) is 8.18. The van der Waals surface area contributed by atoms with Gasteiger partial charge in [-0.3, -0.25) is 4.68 Å². The summed E-state index contributed by atoms with van der Waals surface area (Å²) in [5.74, 6) is 2.23. The molecule has 0 bridgehead atoms. The number of ether oxygens (including phenoxy) is 2. The third kappa shape index (κ3) is 1.35. The molecule has 0 fully saturated rings. The molecule has 2 N–H and O–H groups in total. The van der Waals surface area contributed by atoms with Crippen LogP contribution in [-0.4, -0.2) is 16.6 Å². The van der Waals surface area contributed by atoms with E-state index in [-0.39, 0.29) is 6.79 Å². The highest BCUT2D eigenvalue weighted by Gasteiger charge is 2.20. The molecular formula is C12H13N3O2. The van der Waals surface area contributed by atoms with Crippen LogP contribution in [0.5, 0.6) is 11.5 Å². The minimum Gasteiger partial charge on any atom is -0.454 e. The van der Waals surface area contributed by atoms with Gasteiger partial charge in [-0.25, -0.2) is 0 Å². The summed E-state index contributed by atoms with van der Waals surface area (Å²) < 4.78 is 12.4. The van der Waals surface area contributed by atoms with Gasteiger partial charge in [0.05, 0.1) is 6.20 Å². The number of rotatable bonds is 1. The number of aromatic nitrogens is 2. The highest BCUT2D eigenvalue weighted by atomic mass is 16.7. The van der Waals surface area contributed by atoms with E-state index in [0.29, 0.717) is 5.82 Å². The summed E-state index contributed by atoms with van der Waals surface area (Å²) in [5.41, 5.74) is 8.95. The van der Waals surface area contributed by atoms with Crippen LogP contribution in [0.2, 0.25) is 0 Å². The van der Waals surface area contributed by atoms with Crippen molar-refractivity contribution < 1.29 is 9.47 Å². The molecule has 5 heteroatoms. The summed E-state index contributed by atoms with van der Waals surface area (Å²) in [6.07, 6.45) is 1.76. The van der Waals surface area contributed by atoms with Gasteiger partial charge in [-0.15, -0.1) is 0 Å². The van der Waals surface area contributed by atoms with Crippen LogP contribution in [-0.2, 0) is 7.05 Å². The Morgan fingerprint density at radius 3 is 2.82 bits per heavy atom. The van der Waals surface area contributed by atoms with Crippen LogP contribution in [0.3, 0.4) is 0 Å². The van der Waals surface area contributed by atoms with E-state index in [4.69, 9.17) is 15.2 Å². The predicted octanol–water partition coefficient (Wildman–Crippen LogP) is 1.71. The average Bonchev–Trinajstić information content (AvgIpc) is 2.90. The number of anilines is 1. The van der Waals surface area contributed by atoms with Gasteiger partial charge in [-0.1, -0.05) is 0 Å². The molecule has 0 radical (unpaired) electrons. The Morgan fingerprint density at radius 2 is 2.12 bits per heavy atom. The number of nitrogens with zero attached hydrogens (tertiary/aromatic N) is 2. The predicted molar refractivity (Wildman–Crippen MR) is 63.9 cm³/mol. The first kappa shape index (κ1) is 10.0. The topological polar surface area (TPSA) is 62.3 Å². The van der Waals surface area contributed by atoms with E-state index in [1.54, 1.807) is 10.9 Å². The molecule has 0 saturated carbocycles. The summed E-state index contributed by atoms with van der Waals surface area (Å²) in [6.45, 7) is 2.28. The first-order valence-corrected chi connectivity index (χ1v) is 5.35. The van der Waals surface area contributed by atoms with Gasteiger partial charge in [0.15, 0.2) is 11.5 Å². The van der Waals surface area contributed by atoms with Gasteiger partial charge >= 0.3 is 0 Å². The normalized spacial score (nSPS) is 13.1. The fourth-order valence-electron chi connectivity index (χ4n) is 2.06. The summed E-state index contributed by atoms with van der Waals surface area (Å²) in [5, 5.41) is 4.15. The second-order valence-corrected chi connectivity index (χ2v) is 4.04. The lowest BCUT2D eigenvalue weighted by atomic mass is 10.0. The lowest BCUT2D eigenvalue weighted by Crippen LogP contribution is -1.98. The second kappa shape index (κ2) is 3.41. The maximum Gasteiger partial charge on any atom is 0.231 e. The number of hydrogen-bond donors (Lipinski definition) is 1. The number of nitrogens with two attached hydrogens (primary N) is 1. The molecule has 1 aliphatic rings. The maximum absolute atomic E-state index is 5.98. The SMILES string of the molecule is Cc1c(-c2cnn(C)c2N)ccc2c1OCO2. The molecule has 1 aromatic heterocycles. The van der Waals surface area contributed by atoms with Crippen LogP contribution in [0.4, 0.5) is 5.82 Å². The minimum atomic E-state index is 0.280. The number of fused-ring (bicyclic) bond motifs is 1. The van der Waals surface area contributed by atoms with Gasteiger partial charge in [0.1, 0.15) is 5.82 Å². The molecule has 0 amide bonds. The summed E-state index contributed by atoms with van der Waals surface area (Å²) in [7, 11) is 1.82. The molecule has 1 aromatic carbocycles. The quantitative estimate of drug-likeness (QED) is 0.811. The number of nitrogen functional groups attached to an aromatic ring is 1. The Morgan fingerprint density at radius 1 is 1.29 bits per heavy atom. The monoisotopic (exact) mass is 231 g/mol. The second-order valence-electron chi connectivity index (χ2n) is 4.04. The first-order valence-electron chi connectivity index (χ1n) is 5.35. The van der Waals surface area contributed by atoms with E-state index in [9.17, 15) is 0 Å². The zero-order valence-electron chi connectivity index (χ0n) is 9.73. The van der Waals surface area contributed by atoms with E-state index < -0.39 is 0 Å². The van der Waals surface area contributed by atoms with Gasteiger partial charge in [-0.05, 0) is 24.6 Å². The largest absolute Gasteiger partial charge is 0.454 e. The van der Waals surface area contributed by atoms with Crippen LogP contribution in [0.15, 0.2) is 18.3 Å². The van der Waals surface area contributed by atoms with Crippen molar-refractivity contribution >= 4 is 5.82 Å². The lowest BCUT2D eigenvalue weighted by Gasteiger charge is -2.08. The van der Waals surface area contributed by atoms with E-state index in [1.807, 2.05) is 26.1 Å². The van der Waals surface area contributed by atoms with Crippen molar-refractivity contribution in [1.82, 2.24) is 9.78 Å². The molecule has 2 heterocycles. The Balaban J connectivity index is 2.19. The summed E-state index contributed by atoms with van der Waals surface area (Å²) >= 11 is 0. The van der Waals surface area contributed by atoms with E-state index in [0.717, 1.165) is 28.2 Å². The molecule has 0 spiro atoms. The van der Waals surface area contributed by atoms with Gasteiger partial charge < -0.3 is 15.2 Å². The molecule has 5 nitrogen and oxygen atoms in total. The molecule has 0 atom stereocenters. The van der Waals surface area contributed by atoms with E-state index in [1.165, 1.54) is 0 Å². The third-order valence-corrected chi connectivity index (χ3v) is 3.06. The van der Waals surface area contributed by atoms with Crippen molar-refractivity contribution in [2.75, 3.05) is 12.5 Å². The Labute approximate surface area is 98.8 Å². The van der Waals surface area contributed by atoms with Crippen molar-refractivity contribution in [3.63, 3.8) is 0 Å². The van der Waals surface area contributed by atoms with Crippen LogP contribution < -0.4 is 15.2 Å². The Hall–Kier alpha value is -2.17. The number of hydrogen-bond acceptors (Lipinski definition) is 4. The van der Waals surface area contributed by atoms with Crippen LogP contribution in [0.1, 0.15) is 5.56 Å². The van der Waals surface area contributed by atoms with Gasteiger partial charge in [-0.2, -0.15) is 5.10 Å². The van der Waals surface area contributed by atoms with Gasteiger partial charge in [0, 0.05) is 18.2 Å². The maximum atomic E-state index is 5.98. The summed E-state index contributed by atoms with van der Waals surface area (Å²) in [6, 6.07) is 3.88. The van der Waals surface area contributed by atoms with Crippen molar-refractivity contribution in [2.24, 2.45) is 7.05 Å². The van der Waals surface area contributed by atoms with Gasteiger partial charge in [0.2, 0.25) is 6.79 Å². The summed E-state index contributed by atoms with van der Waals surface area (Å²) in [4.78, 5) is 0. The highest BCUT2D eigenvalue weighted by Crippen LogP contribution is 2.41. The molecule has 2 aromatic rings. The van der Waals surface area contributed by atoms with Crippen molar-refractivity contribution in [3.05, 3.63) is 23.9 Å². The van der Waals surface area contributed by atoms with Crippen LogP contribution >= 0.6 is 0 Å².